The fraction of sp³-hybridized carbons (Fsp3) is 0.343. The van der Waals surface area contributed by atoms with Crippen LogP contribution in [0.4, 0.5) is 11.4 Å². The maximum atomic E-state index is 2.71. The van der Waals surface area contributed by atoms with Crippen LogP contribution in [0.3, 0.4) is 0 Å². The lowest BCUT2D eigenvalue weighted by atomic mass is 9.80. The highest BCUT2D eigenvalue weighted by Gasteiger charge is 2.30. The number of aromatic nitrogens is 1. The highest BCUT2D eigenvalue weighted by molar-refractivity contribution is 5.92. The second-order valence-corrected chi connectivity index (χ2v) is 21.4. The molecule has 1 heterocycles. The molecule has 0 aliphatic heterocycles. The summed E-state index contributed by atoms with van der Waals surface area (Å²) >= 11 is 0. The van der Waals surface area contributed by atoms with Crippen molar-refractivity contribution >= 4 is 28.4 Å². The number of nitrogens with zero attached hydrogens (tertiary/aromatic N) is 3. The van der Waals surface area contributed by atoms with Crippen molar-refractivity contribution in [1.29, 1.82) is 0 Å². The zero-order valence-electron chi connectivity index (χ0n) is 41.4. The van der Waals surface area contributed by atoms with Gasteiger partial charge in [0.15, 0.2) is 0 Å². The first kappa shape index (κ1) is 44.9. The van der Waals surface area contributed by atoms with Gasteiger partial charge in [0.1, 0.15) is 0 Å². The Morgan fingerprint density at radius 2 is 1.40 bits per heavy atom. The van der Waals surface area contributed by atoms with Crippen molar-refractivity contribution in [3.8, 4) is 0 Å². The Morgan fingerprint density at radius 3 is 2.10 bits per heavy atom. The molecule has 7 unspecified atom stereocenters. The summed E-state index contributed by atoms with van der Waals surface area (Å²) in [6.45, 7) is 2.38. The molecule has 0 fully saturated rings. The van der Waals surface area contributed by atoms with Crippen LogP contribution in [-0.4, -0.2) is 16.7 Å². The van der Waals surface area contributed by atoms with E-state index < -0.39 is 0 Å². The molecule has 9 aliphatic rings. The van der Waals surface area contributed by atoms with Crippen LogP contribution in [-0.2, 0) is 6.42 Å². The van der Waals surface area contributed by atoms with Crippen molar-refractivity contribution in [2.75, 3.05) is 9.80 Å². The third-order valence-corrected chi connectivity index (χ3v) is 17.1. The summed E-state index contributed by atoms with van der Waals surface area (Å²) in [5, 5.41) is 1.44. The molecule has 9 aliphatic carbocycles. The average Bonchev–Trinajstić information content (AvgIpc) is 3.77. The summed E-state index contributed by atoms with van der Waals surface area (Å²) in [5.74, 6) is 2.21. The largest absolute Gasteiger partial charge is 0.338 e. The van der Waals surface area contributed by atoms with E-state index in [-0.39, 0.29) is 12.1 Å². The minimum Gasteiger partial charge on any atom is -0.338 e. The molecule has 0 saturated heterocycles. The summed E-state index contributed by atoms with van der Waals surface area (Å²) < 4.78 is 2.69. The van der Waals surface area contributed by atoms with Crippen molar-refractivity contribution in [1.82, 2.24) is 4.57 Å². The van der Waals surface area contributed by atoms with Gasteiger partial charge in [0.25, 0.3) is 0 Å². The minimum absolute atomic E-state index is 0.228. The molecular weight excluding hydrogens is 847 g/mol. The summed E-state index contributed by atoms with van der Waals surface area (Å²) in [4.78, 5) is 5.31. The number of benzene rings is 2. The van der Waals surface area contributed by atoms with E-state index in [1.54, 1.807) is 11.1 Å². The summed E-state index contributed by atoms with van der Waals surface area (Å²) in [5.41, 5.74) is 17.0. The van der Waals surface area contributed by atoms with E-state index in [1.807, 2.05) is 0 Å². The van der Waals surface area contributed by atoms with Gasteiger partial charge in [0, 0.05) is 45.7 Å². The van der Waals surface area contributed by atoms with E-state index >= 15 is 0 Å². The van der Waals surface area contributed by atoms with Crippen molar-refractivity contribution in [2.45, 2.75) is 127 Å². The molecule has 0 spiro atoms. The van der Waals surface area contributed by atoms with E-state index in [1.165, 1.54) is 100 Å². The first-order chi connectivity index (χ1) is 34.6. The van der Waals surface area contributed by atoms with Crippen LogP contribution < -0.4 is 9.80 Å². The molecular formula is C67H71N3. The van der Waals surface area contributed by atoms with Crippen molar-refractivity contribution in [3.63, 3.8) is 0 Å². The van der Waals surface area contributed by atoms with Crippen LogP contribution in [0.2, 0.25) is 0 Å². The van der Waals surface area contributed by atoms with Gasteiger partial charge in [-0.25, -0.2) is 0 Å². The van der Waals surface area contributed by atoms with E-state index in [0.29, 0.717) is 29.7 Å². The van der Waals surface area contributed by atoms with Gasteiger partial charge in [-0.1, -0.05) is 164 Å². The predicted molar refractivity (Wildman–Crippen MR) is 298 cm³/mol. The number of allylic oxidation sites excluding steroid dienone is 24. The molecule has 0 radical (unpaired) electrons. The molecule has 0 amide bonds. The molecule has 1 aromatic heterocycles. The van der Waals surface area contributed by atoms with Crippen molar-refractivity contribution in [2.24, 2.45) is 17.8 Å². The summed E-state index contributed by atoms with van der Waals surface area (Å²) in [6, 6.07) is 17.8. The fourth-order valence-electron chi connectivity index (χ4n) is 13.2. The van der Waals surface area contributed by atoms with Gasteiger partial charge >= 0.3 is 0 Å². The zero-order valence-corrected chi connectivity index (χ0v) is 41.4. The Balaban J connectivity index is 0.820. The Bertz CT molecular complexity index is 2970. The number of hydrogen-bond acceptors (Lipinski definition) is 2. The lowest BCUT2D eigenvalue weighted by molar-refractivity contribution is 0.526. The van der Waals surface area contributed by atoms with Gasteiger partial charge in [-0.3, -0.25) is 0 Å². The normalized spacial score (nSPS) is 27.9. The van der Waals surface area contributed by atoms with E-state index in [0.717, 1.165) is 57.8 Å². The molecule has 3 heteroatoms. The van der Waals surface area contributed by atoms with Gasteiger partial charge < -0.3 is 14.4 Å². The fourth-order valence-corrected chi connectivity index (χ4v) is 13.2. The number of rotatable bonds is 11. The zero-order chi connectivity index (χ0) is 46.8. The van der Waals surface area contributed by atoms with Crippen LogP contribution in [0.5, 0.6) is 0 Å². The minimum atomic E-state index is 0.228. The monoisotopic (exact) mass is 918 g/mol. The highest BCUT2D eigenvalue weighted by Crippen LogP contribution is 2.43. The Morgan fingerprint density at radius 1 is 0.557 bits per heavy atom. The highest BCUT2D eigenvalue weighted by atomic mass is 15.2. The van der Waals surface area contributed by atoms with Crippen molar-refractivity contribution < 1.29 is 0 Å². The summed E-state index contributed by atoms with van der Waals surface area (Å²) in [7, 11) is 0. The van der Waals surface area contributed by atoms with E-state index in [4.69, 9.17) is 0 Å². The smallest absolute Gasteiger partial charge is 0.0560 e. The molecule has 3 nitrogen and oxygen atoms in total. The average molecular weight is 918 g/mol. The Labute approximate surface area is 418 Å². The molecule has 2 aromatic carbocycles. The molecule has 70 heavy (non-hydrogen) atoms. The third-order valence-electron chi connectivity index (χ3n) is 17.1. The second-order valence-electron chi connectivity index (χ2n) is 21.4. The quantitative estimate of drug-likeness (QED) is 0.178. The van der Waals surface area contributed by atoms with Gasteiger partial charge in [-0.2, -0.15) is 0 Å². The van der Waals surface area contributed by atoms with Gasteiger partial charge in [0.05, 0.1) is 23.6 Å². The number of hydrogen-bond donors (Lipinski definition) is 0. The van der Waals surface area contributed by atoms with Gasteiger partial charge in [-0.05, 0) is 173 Å². The summed E-state index contributed by atoms with van der Waals surface area (Å²) in [6.07, 6.45) is 74.7. The maximum absolute atomic E-state index is 2.71. The lowest BCUT2D eigenvalue weighted by Crippen LogP contribution is -2.35. The number of anilines is 2. The van der Waals surface area contributed by atoms with Crippen LogP contribution in [0, 0.1) is 17.8 Å². The molecule has 12 rings (SSSR count). The molecule has 0 N–H and O–H groups in total. The second kappa shape index (κ2) is 20.2. The standard InChI is InChI=1S/C67H71N3/c1-48-15-11-12-22-63(48)55-33-43-59(44-34-55)68(57-35-25-51(26-36-57)49-16-5-2-6-17-49)58-37-29-53(30-38-58)54-31-41-61(42-32-54)69(60-39-27-52(28-40-60)50-18-7-3-8-19-50)62-45-46-65-64-23-13-14-24-66(64)70(67(65)47-62)56-20-9-4-10-21-56/h2-3,5-7,9,11-12,14,16,20,22,24-27,29-33,35-37,39,41,43-50,55-56,58,61H,4,8,10,13,15,17-19,21,23,28,34,38,40,42H2,1H3. The van der Waals surface area contributed by atoms with Crippen LogP contribution in [0.25, 0.3) is 17.0 Å². The van der Waals surface area contributed by atoms with Crippen LogP contribution in [0.1, 0.15) is 126 Å². The SMILES string of the molecule is CC1CC=CC=C1C1C=CC(N(c2ccc(C3C=CC=CC3)cc2)C2C=CC(C3=CCC(N(C4=CC=C(C5CC=CCC5)CC4)c4ccc5c6c(n(C7C=CCCC7)c5c4)C=CCC6)C=C3)=CC2)=CC1. The first-order valence-electron chi connectivity index (χ1n) is 27.2. The first-order valence-corrected chi connectivity index (χ1v) is 27.2. The number of fused-ring (bicyclic) bond motifs is 3. The predicted octanol–water partition coefficient (Wildman–Crippen LogP) is 17.2. The van der Waals surface area contributed by atoms with Gasteiger partial charge in [-0.15, -0.1) is 0 Å². The Hall–Kier alpha value is -6.32. The molecule has 7 atom stereocenters. The molecule has 0 bridgehead atoms. The Kier molecular flexibility index (Phi) is 12.9. The molecule has 3 aromatic rings. The van der Waals surface area contributed by atoms with Gasteiger partial charge in [0.2, 0.25) is 0 Å². The third kappa shape index (κ3) is 9.02. The van der Waals surface area contributed by atoms with Crippen LogP contribution in [0.15, 0.2) is 216 Å². The topological polar surface area (TPSA) is 11.4 Å². The van der Waals surface area contributed by atoms with Crippen molar-refractivity contribution in [3.05, 3.63) is 233 Å². The van der Waals surface area contributed by atoms with Crippen LogP contribution >= 0.6 is 0 Å². The van der Waals surface area contributed by atoms with E-state index in [2.05, 4.69) is 210 Å². The number of aryl methyl sites for hydroxylation is 1. The lowest BCUT2D eigenvalue weighted by Gasteiger charge is -2.37. The molecule has 0 saturated carbocycles. The molecule has 354 valence electrons. The maximum Gasteiger partial charge on any atom is 0.0560 e. The van der Waals surface area contributed by atoms with E-state index in [9.17, 15) is 0 Å².